The van der Waals surface area contributed by atoms with Crippen LogP contribution >= 0.6 is 0 Å². The Balaban J connectivity index is 2.22. The molecule has 1 aromatic heterocycles. The molecule has 1 aromatic carbocycles. The highest BCUT2D eigenvalue weighted by molar-refractivity contribution is 5.68. The molecule has 0 N–H and O–H groups in total. The van der Waals surface area contributed by atoms with Crippen LogP contribution in [0.1, 0.15) is 16.8 Å². The van der Waals surface area contributed by atoms with Crippen LogP contribution in [0.2, 0.25) is 0 Å². The molecule has 0 fully saturated rings. The lowest BCUT2D eigenvalue weighted by molar-refractivity contribution is 0.915. The van der Waals surface area contributed by atoms with Gasteiger partial charge in [0.15, 0.2) is 0 Å². The van der Waals surface area contributed by atoms with Gasteiger partial charge in [-0.2, -0.15) is 0 Å². The third-order valence-electron chi connectivity index (χ3n) is 2.47. The summed E-state index contributed by atoms with van der Waals surface area (Å²) in [4.78, 5) is 0. The molecule has 0 aliphatic heterocycles. The Morgan fingerprint density at radius 1 is 1.07 bits per heavy atom. The van der Waals surface area contributed by atoms with Crippen molar-refractivity contribution in [2.24, 2.45) is 7.05 Å². The second kappa shape index (κ2) is 4.18. The van der Waals surface area contributed by atoms with Crippen molar-refractivity contribution >= 4 is 12.2 Å². The van der Waals surface area contributed by atoms with E-state index in [2.05, 4.69) is 73.3 Å². The number of hydrogen-bond donors (Lipinski definition) is 0. The molecule has 1 heteroatoms. The lowest BCUT2D eigenvalue weighted by Crippen LogP contribution is -1.86. The molecule has 0 aliphatic carbocycles. The molecule has 2 aromatic rings. The number of aromatic nitrogens is 1. The summed E-state index contributed by atoms with van der Waals surface area (Å²) in [5.74, 6) is 0. The SMILES string of the molecule is Cc1cccc(/C=C/c2cccn2C)c1. The van der Waals surface area contributed by atoms with Crippen LogP contribution in [0.3, 0.4) is 0 Å². The van der Waals surface area contributed by atoms with Gasteiger partial charge in [-0.25, -0.2) is 0 Å². The van der Waals surface area contributed by atoms with Gasteiger partial charge in [0.05, 0.1) is 0 Å². The van der Waals surface area contributed by atoms with E-state index in [-0.39, 0.29) is 0 Å². The summed E-state index contributed by atoms with van der Waals surface area (Å²) in [7, 11) is 2.05. The molecule has 0 unspecified atom stereocenters. The Morgan fingerprint density at radius 3 is 2.60 bits per heavy atom. The predicted octanol–water partition coefficient (Wildman–Crippen LogP) is 3.50. The van der Waals surface area contributed by atoms with Crippen LogP contribution in [-0.2, 0) is 7.05 Å². The Morgan fingerprint density at radius 2 is 1.93 bits per heavy atom. The average molecular weight is 197 g/mol. The Bertz CT molecular complexity index is 478. The normalized spacial score (nSPS) is 11.1. The third-order valence-corrected chi connectivity index (χ3v) is 2.47. The van der Waals surface area contributed by atoms with E-state index in [1.54, 1.807) is 0 Å². The number of benzene rings is 1. The number of rotatable bonds is 2. The first-order valence-corrected chi connectivity index (χ1v) is 5.12. The van der Waals surface area contributed by atoms with Gasteiger partial charge in [0.2, 0.25) is 0 Å². The number of nitrogens with zero attached hydrogens (tertiary/aromatic N) is 1. The van der Waals surface area contributed by atoms with Crippen LogP contribution < -0.4 is 0 Å². The minimum atomic E-state index is 1.22. The van der Waals surface area contributed by atoms with E-state index in [1.165, 1.54) is 16.8 Å². The molecule has 15 heavy (non-hydrogen) atoms. The van der Waals surface area contributed by atoms with Crippen molar-refractivity contribution in [1.29, 1.82) is 0 Å². The Labute approximate surface area is 90.7 Å². The summed E-state index contributed by atoms with van der Waals surface area (Å²) in [6.07, 6.45) is 6.33. The monoisotopic (exact) mass is 197 g/mol. The van der Waals surface area contributed by atoms with E-state index in [0.29, 0.717) is 0 Å². The smallest absolute Gasteiger partial charge is 0.0404 e. The zero-order valence-corrected chi connectivity index (χ0v) is 9.14. The highest BCUT2D eigenvalue weighted by Gasteiger charge is 1.91. The van der Waals surface area contributed by atoms with Crippen LogP contribution in [0.5, 0.6) is 0 Å². The van der Waals surface area contributed by atoms with Crippen LogP contribution in [-0.4, -0.2) is 4.57 Å². The van der Waals surface area contributed by atoms with Gasteiger partial charge in [0.25, 0.3) is 0 Å². The average Bonchev–Trinajstić information content (AvgIpc) is 2.61. The van der Waals surface area contributed by atoms with Crippen LogP contribution in [0, 0.1) is 6.92 Å². The van der Waals surface area contributed by atoms with Crippen molar-refractivity contribution in [2.45, 2.75) is 6.92 Å². The minimum absolute atomic E-state index is 1.22. The number of hydrogen-bond acceptors (Lipinski definition) is 0. The summed E-state index contributed by atoms with van der Waals surface area (Å²) < 4.78 is 2.10. The van der Waals surface area contributed by atoms with Gasteiger partial charge in [-0.15, -0.1) is 0 Å². The fourth-order valence-electron chi connectivity index (χ4n) is 1.60. The molecular formula is C14H15N. The van der Waals surface area contributed by atoms with Crippen molar-refractivity contribution in [3.63, 3.8) is 0 Å². The highest BCUT2D eigenvalue weighted by atomic mass is 14.9. The molecule has 0 atom stereocenters. The first-order chi connectivity index (χ1) is 7.25. The quantitative estimate of drug-likeness (QED) is 0.694. The fourth-order valence-corrected chi connectivity index (χ4v) is 1.60. The van der Waals surface area contributed by atoms with Gasteiger partial charge in [0.1, 0.15) is 0 Å². The van der Waals surface area contributed by atoms with Gasteiger partial charge in [0, 0.05) is 18.9 Å². The zero-order chi connectivity index (χ0) is 10.7. The number of aryl methyl sites for hydroxylation is 2. The van der Waals surface area contributed by atoms with E-state index in [1.807, 2.05) is 0 Å². The molecule has 0 radical (unpaired) electrons. The summed E-state index contributed by atoms with van der Waals surface area (Å²) in [6, 6.07) is 12.6. The Hall–Kier alpha value is -1.76. The van der Waals surface area contributed by atoms with Crippen molar-refractivity contribution in [3.05, 3.63) is 59.4 Å². The molecule has 0 bridgehead atoms. The van der Waals surface area contributed by atoms with Gasteiger partial charge < -0.3 is 4.57 Å². The van der Waals surface area contributed by atoms with E-state index < -0.39 is 0 Å². The summed E-state index contributed by atoms with van der Waals surface area (Å²) >= 11 is 0. The first kappa shape index (κ1) is 9.78. The molecule has 1 nitrogen and oxygen atoms in total. The molecule has 0 saturated carbocycles. The maximum Gasteiger partial charge on any atom is 0.0404 e. The van der Waals surface area contributed by atoms with Crippen LogP contribution in [0.25, 0.3) is 12.2 Å². The van der Waals surface area contributed by atoms with E-state index in [9.17, 15) is 0 Å². The summed E-state index contributed by atoms with van der Waals surface area (Å²) in [6.45, 7) is 2.11. The lowest BCUT2D eigenvalue weighted by Gasteiger charge is -1.97. The molecule has 0 amide bonds. The van der Waals surface area contributed by atoms with E-state index in [0.717, 1.165) is 0 Å². The summed E-state index contributed by atoms with van der Waals surface area (Å²) in [5, 5.41) is 0. The van der Waals surface area contributed by atoms with Crippen molar-refractivity contribution < 1.29 is 0 Å². The molecule has 2 rings (SSSR count). The highest BCUT2D eigenvalue weighted by Crippen LogP contribution is 2.09. The standard InChI is InChI=1S/C14H15N/c1-12-5-3-6-13(11-12)8-9-14-7-4-10-15(14)2/h3-11H,1-2H3/b9-8+. The molecule has 76 valence electrons. The fraction of sp³-hybridized carbons (Fsp3) is 0.143. The zero-order valence-electron chi connectivity index (χ0n) is 9.14. The largest absolute Gasteiger partial charge is 0.351 e. The van der Waals surface area contributed by atoms with Gasteiger partial charge >= 0.3 is 0 Å². The van der Waals surface area contributed by atoms with E-state index in [4.69, 9.17) is 0 Å². The maximum atomic E-state index is 2.18. The van der Waals surface area contributed by atoms with Gasteiger partial charge in [-0.3, -0.25) is 0 Å². The van der Waals surface area contributed by atoms with Crippen LogP contribution in [0.15, 0.2) is 42.6 Å². The topological polar surface area (TPSA) is 4.93 Å². The lowest BCUT2D eigenvalue weighted by atomic mass is 10.1. The maximum absolute atomic E-state index is 2.18. The van der Waals surface area contributed by atoms with Crippen molar-refractivity contribution in [2.75, 3.05) is 0 Å². The van der Waals surface area contributed by atoms with E-state index >= 15 is 0 Å². The molecule has 1 heterocycles. The third kappa shape index (κ3) is 2.38. The molecule has 0 spiro atoms. The molecular weight excluding hydrogens is 182 g/mol. The van der Waals surface area contributed by atoms with Crippen molar-refractivity contribution in [3.8, 4) is 0 Å². The van der Waals surface area contributed by atoms with Crippen LogP contribution in [0.4, 0.5) is 0 Å². The molecule has 0 aliphatic rings. The first-order valence-electron chi connectivity index (χ1n) is 5.12. The van der Waals surface area contributed by atoms with Crippen molar-refractivity contribution in [1.82, 2.24) is 4.57 Å². The minimum Gasteiger partial charge on any atom is -0.351 e. The second-order valence-corrected chi connectivity index (χ2v) is 3.79. The van der Waals surface area contributed by atoms with Gasteiger partial charge in [-0.1, -0.05) is 35.9 Å². The second-order valence-electron chi connectivity index (χ2n) is 3.79. The summed E-state index contributed by atoms with van der Waals surface area (Å²) in [5.41, 5.74) is 3.76. The molecule has 0 saturated heterocycles. The predicted molar refractivity (Wildman–Crippen MR) is 65.5 cm³/mol. The van der Waals surface area contributed by atoms with Gasteiger partial charge in [-0.05, 0) is 30.7 Å². The Kier molecular flexibility index (Phi) is 2.72.